The Hall–Kier alpha value is -3.15. The zero-order valence-corrected chi connectivity index (χ0v) is 13.5. The van der Waals surface area contributed by atoms with Gasteiger partial charge in [-0.2, -0.15) is 0 Å². The van der Waals surface area contributed by atoms with Gasteiger partial charge in [-0.1, -0.05) is 0 Å². The highest BCUT2D eigenvalue weighted by molar-refractivity contribution is 6.05. The van der Waals surface area contributed by atoms with E-state index in [1.807, 2.05) is 0 Å². The molecule has 124 valence electrons. The number of Topliss-reactive ketones (excluding diaryl/α,β-unsaturated/α-hetero) is 1. The molecule has 2 rings (SSSR count). The highest BCUT2D eigenvalue weighted by Crippen LogP contribution is 2.16. The van der Waals surface area contributed by atoms with E-state index in [0.29, 0.717) is 22.7 Å². The van der Waals surface area contributed by atoms with Crippen molar-refractivity contribution in [1.29, 1.82) is 0 Å². The summed E-state index contributed by atoms with van der Waals surface area (Å²) in [5.74, 6) is -0.128. The molecule has 2 aromatic carbocycles. The van der Waals surface area contributed by atoms with Crippen molar-refractivity contribution in [1.82, 2.24) is 0 Å². The zero-order chi connectivity index (χ0) is 17.5. The first-order valence-electron chi connectivity index (χ1n) is 7.32. The molecule has 0 aromatic heterocycles. The Morgan fingerprint density at radius 2 is 1.42 bits per heavy atom. The maximum Gasteiger partial charge on any atom is 0.255 e. The van der Waals surface area contributed by atoms with Gasteiger partial charge in [-0.05, 0) is 55.5 Å². The van der Waals surface area contributed by atoms with E-state index in [1.165, 1.54) is 6.92 Å². The van der Waals surface area contributed by atoms with Crippen molar-refractivity contribution < 1.29 is 19.1 Å². The van der Waals surface area contributed by atoms with Crippen LogP contribution in [-0.2, 0) is 9.59 Å². The molecule has 6 nitrogen and oxygen atoms in total. The monoisotopic (exact) mass is 326 g/mol. The summed E-state index contributed by atoms with van der Waals surface area (Å²) < 4.78 is 5.05. The van der Waals surface area contributed by atoms with Gasteiger partial charge in [0.25, 0.3) is 5.91 Å². The smallest absolute Gasteiger partial charge is 0.255 e. The molecular weight excluding hydrogens is 308 g/mol. The number of ketones is 1. The zero-order valence-electron chi connectivity index (χ0n) is 13.5. The number of amides is 2. The topological polar surface area (TPSA) is 84.5 Å². The van der Waals surface area contributed by atoms with Crippen LogP contribution in [0.4, 0.5) is 11.4 Å². The predicted molar refractivity (Wildman–Crippen MR) is 91.3 cm³/mol. The summed E-state index contributed by atoms with van der Waals surface area (Å²) in [6.45, 7) is 1.36. The van der Waals surface area contributed by atoms with Crippen molar-refractivity contribution in [2.45, 2.75) is 13.3 Å². The van der Waals surface area contributed by atoms with Gasteiger partial charge in [0.15, 0.2) is 0 Å². The summed E-state index contributed by atoms with van der Waals surface area (Å²) in [6.07, 6.45) is -0.157. The Bertz CT molecular complexity index is 737. The van der Waals surface area contributed by atoms with Gasteiger partial charge in [-0.15, -0.1) is 0 Å². The van der Waals surface area contributed by atoms with Gasteiger partial charge in [-0.25, -0.2) is 0 Å². The van der Waals surface area contributed by atoms with Crippen LogP contribution < -0.4 is 15.4 Å². The maximum absolute atomic E-state index is 12.1. The molecule has 0 atom stereocenters. The third-order valence-corrected chi connectivity index (χ3v) is 3.19. The molecule has 24 heavy (non-hydrogen) atoms. The minimum Gasteiger partial charge on any atom is -0.497 e. The summed E-state index contributed by atoms with van der Waals surface area (Å²) in [4.78, 5) is 34.5. The van der Waals surface area contributed by atoms with Crippen LogP contribution in [0.25, 0.3) is 0 Å². The summed E-state index contributed by atoms with van der Waals surface area (Å²) in [5, 5.41) is 5.37. The third kappa shape index (κ3) is 4.95. The lowest BCUT2D eigenvalue weighted by atomic mass is 10.2. The Labute approximate surface area is 139 Å². The number of carbonyl (C=O) groups is 3. The third-order valence-electron chi connectivity index (χ3n) is 3.19. The second-order valence-electron chi connectivity index (χ2n) is 5.19. The molecule has 0 radical (unpaired) electrons. The standard InChI is InChI=1S/C18H18N2O4/c1-12(21)11-17(22)19-14-5-7-15(8-6-14)20-18(23)13-3-9-16(24-2)10-4-13/h3-10H,11H2,1-2H3,(H,19,22)(H,20,23). The summed E-state index contributed by atoms with van der Waals surface area (Å²) in [7, 11) is 1.56. The molecule has 0 bridgehead atoms. The second kappa shape index (κ2) is 7.92. The average molecular weight is 326 g/mol. The van der Waals surface area contributed by atoms with Crippen molar-refractivity contribution >= 4 is 29.0 Å². The largest absolute Gasteiger partial charge is 0.497 e. The molecule has 0 fully saturated rings. The molecule has 0 spiro atoms. The van der Waals surface area contributed by atoms with Gasteiger partial charge in [0.05, 0.1) is 13.5 Å². The molecule has 0 unspecified atom stereocenters. The lowest BCUT2D eigenvalue weighted by Gasteiger charge is -2.08. The van der Waals surface area contributed by atoms with Gasteiger partial charge >= 0.3 is 0 Å². The van der Waals surface area contributed by atoms with Gasteiger partial charge in [0, 0.05) is 16.9 Å². The van der Waals surface area contributed by atoms with Gasteiger partial charge in [-0.3, -0.25) is 14.4 Å². The van der Waals surface area contributed by atoms with Gasteiger partial charge in [0.2, 0.25) is 5.91 Å². The molecule has 2 N–H and O–H groups in total. The minimum atomic E-state index is -0.363. The van der Waals surface area contributed by atoms with E-state index in [0.717, 1.165) is 0 Å². The number of hydrogen-bond acceptors (Lipinski definition) is 4. The minimum absolute atomic E-state index is 0.157. The Morgan fingerprint density at radius 3 is 1.92 bits per heavy atom. The van der Waals surface area contributed by atoms with Crippen LogP contribution in [0.15, 0.2) is 48.5 Å². The highest BCUT2D eigenvalue weighted by atomic mass is 16.5. The number of anilines is 2. The number of carbonyl (C=O) groups excluding carboxylic acids is 3. The molecule has 0 heterocycles. The van der Waals surface area contributed by atoms with Crippen LogP contribution in [0.2, 0.25) is 0 Å². The Morgan fingerprint density at radius 1 is 0.875 bits per heavy atom. The van der Waals surface area contributed by atoms with E-state index < -0.39 is 0 Å². The van der Waals surface area contributed by atoms with Crippen LogP contribution >= 0.6 is 0 Å². The fraction of sp³-hybridized carbons (Fsp3) is 0.167. The molecule has 0 saturated carbocycles. The van der Waals surface area contributed by atoms with E-state index in [2.05, 4.69) is 10.6 Å². The number of rotatable bonds is 6. The van der Waals surface area contributed by atoms with E-state index in [9.17, 15) is 14.4 Å². The van der Waals surface area contributed by atoms with Crippen molar-refractivity contribution in [3.05, 3.63) is 54.1 Å². The number of nitrogens with one attached hydrogen (secondary N) is 2. The molecule has 6 heteroatoms. The normalized spacial score (nSPS) is 9.92. The average Bonchev–Trinajstić information content (AvgIpc) is 2.56. The molecule has 0 aliphatic carbocycles. The fourth-order valence-electron chi connectivity index (χ4n) is 2.01. The van der Waals surface area contributed by atoms with Crippen LogP contribution in [0.3, 0.4) is 0 Å². The van der Waals surface area contributed by atoms with Crippen LogP contribution in [0, 0.1) is 0 Å². The lowest BCUT2D eigenvalue weighted by molar-refractivity contribution is -0.124. The number of benzene rings is 2. The molecule has 0 aliphatic heterocycles. The van der Waals surface area contributed by atoms with Crippen molar-refractivity contribution in [3.63, 3.8) is 0 Å². The van der Waals surface area contributed by atoms with E-state index in [4.69, 9.17) is 4.74 Å². The summed E-state index contributed by atoms with van der Waals surface area (Å²) >= 11 is 0. The SMILES string of the molecule is COc1ccc(C(=O)Nc2ccc(NC(=O)CC(C)=O)cc2)cc1. The quantitative estimate of drug-likeness (QED) is 0.799. The predicted octanol–water partition coefficient (Wildman–Crippen LogP) is 2.87. The second-order valence-corrected chi connectivity index (χ2v) is 5.19. The van der Waals surface area contributed by atoms with E-state index >= 15 is 0 Å². The Balaban J connectivity index is 1.96. The molecule has 2 aromatic rings. The molecule has 0 aliphatic rings. The molecule has 0 saturated heterocycles. The van der Waals surface area contributed by atoms with E-state index in [-0.39, 0.29) is 24.0 Å². The van der Waals surface area contributed by atoms with Gasteiger partial charge < -0.3 is 15.4 Å². The van der Waals surface area contributed by atoms with Crippen molar-refractivity contribution in [2.75, 3.05) is 17.7 Å². The fourth-order valence-corrected chi connectivity index (χ4v) is 2.01. The number of hydrogen-bond donors (Lipinski definition) is 2. The van der Waals surface area contributed by atoms with Crippen molar-refractivity contribution in [2.24, 2.45) is 0 Å². The maximum atomic E-state index is 12.1. The summed E-state index contributed by atoms with van der Waals surface area (Å²) in [5.41, 5.74) is 1.67. The molecule has 2 amide bonds. The Kier molecular flexibility index (Phi) is 5.68. The van der Waals surface area contributed by atoms with Gasteiger partial charge in [0.1, 0.15) is 11.5 Å². The molecular formula is C18H18N2O4. The van der Waals surface area contributed by atoms with Crippen LogP contribution in [0.1, 0.15) is 23.7 Å². The number of methoxy groups -OCH3 is 1. The lowest BCUT2D eigenvalue weighted by Crippen LogP contribution is -2.15. The highest BCUT2D eigenvalue weighted by Gasteiger charge is 2.08. The van der Waals surface area contributed by atoms with Crippen molar-refractivity contribution in [3.8, 4) is 5.75 Å². The number of ether oxygens (including phenoxy) is 1. The first-order chi connectivity index (χ1) is 11.5. The first kappa shape index (κ1) is 17.2. The van der Waals surface area contributed by atoms with E-state index in [1.54, 1.807) is 55.6 Å². The van der Waals surface area contributed by atoms with Crippen LogP contribution in [-0.4, -0.2) is 24.7 Å². The van der Waals surface area contributed by atoms with Crippen LogP contribution in [0.5, 0.6) is 5.75 Å². The summed E-state index contributed by atoms with van der Waals surface area (Å²) in [6, 6.07) is 13.4. The first-order valence-corrected chi connectivity index (χ1v) is 7.32.